The van der Waals surface area contributed by atoms with Crippen molar-refractivity contribution in [3.8, 4) is 0 Å². The monoisotopic (exact) mass is 312 g/mol. The van der Waals surface area contributed by atoms with Gasteiger partial charge in [0.1, 0.15) is 0 Å². The molecule has 1 aromatic rings. The second kappa shape index (κ2) is 5.92. The van der Waals surface area contributed by atoms with Crippen molar-refractivity contribution in [3.63, 3.8) is 0 Å². The highest BCUT2D eigenvalue weighted by Crippen LogP contribution is 2.22. The van der Waals surface area contributed by atoms with Gasteiger partial charge in [-0.3, -0.25) is 18.7 Å². The summed E-state index contributed by atoms with van der Waals surface area (Å²) in [5, 5.41) is 0. The third-order valence-electron chi connectivity index (χ3n) is 3.08. The Morgan fingerprint density at radius 3 is 2.10 bits per heavy atom. The molecular weight excluding hydrogens is 296 g/mol. The van der Waals surface area contributed by atoms with Gasteiger partial charge in [0.2, 0.25) is 0 Å². The average Bonchev–Trinajstić information content (AvgIpc) is 2.68. The Bertz CT molecular complexity index is 634. The predicted molar refractivity (Wildman–Crippen MR) is 75.0 cm³/mol. The Morgan fingerprint density at radius 2 is 1.62 bits per heavy atom. The molecule has 1 heterocycles. The van der Waals surface area contributed by atoms with Crippen LogP contribution in [0.25, 0.3) is 0 Å². The van der Waals surface area contributed by atoms with Crippen molar-refractivity contribution in [3.05, 3.63) is 35.4 Å². The molecule has 0 unspecified atom stereocenters. The minimum absolute atomic E-state index is 0.0894. The molecule has 7 nitrogen and oxygen atoms in total. The van der Waals surface area contributed by atoms with E-state index in [0.29, 0.717) is 11.1 Å². The molecule has 1 aromatic carbocycles. The maximum absolute atomic E-state index is 12.0. The smallest absolute Gasteiger partial charge is 0.274 e. The Morgan fingerprint density at radius 1 is 1.10 bits per heavy atom. The lowest BCUT2D eigenvalue weighted by atomic mass is 10.1. The first-order valence-corrected chi connectivity index (χ1v) is 7.73. The van der Waals surface area contributed by atoms with Crippen LogP contribution in [0.4, 0.5) is 0 Å². The summed E-state index contributed by atoms with van der Waals surface area (Å²) in [5.74, 6) is -0.711. The molecule has 0 saturated carbocycles. The van der Waals surface area contributed by atoms with E-state index in [1.165, 1.54) is 14.1 Å². The van der Waals surface area contributed by atoms with Crippen molar-refractivity contribution in [2.24, 2.45) is 0 Å². The maximum atomic E-state index is 12.0. The Hall–Kier alpha value is -1.77. The average molecular weight is 312 g/mol. The van der Waals surface area contributed by atoms with E-state index in [0.717, 1.165) is 9.21 Å². The summed E-state index contributed by atoms with van der Waals surface area (Å²) < 4.78 is 28.5. The van der Waals surface area contributed by atoms with E-state index in [9.17, 15) is 18.0 Å². The fourth-order valence-corrected chi connectivity index (χ4v) is 2.47. The predicted octanol–water partition coefficient (Wildman–Crippen LogP) is 0.496. The summed E-state index contributed by atoms with van der Waals surface area (Å²) in [4.78, 5) is 25.2. The Kier molecular flexibility index (Phi) is 4.40. The van der Waals surface area contributed by atoms with Gasteiger partial charge in [0, 0.05) is 20.6 Å². The van der Waals surface area contributed by atoms with E-state index in [1.807, 2.05) is 0 Å². The van der Waals surface area contributed by atoms with Gasteiger partial charge in [-0.2, -0.15) is 12.7 Å². The van der Waals surface area contributed by atoms with Gasteiger partial charge in [-0.25, -0.2) is 0 Å². The first-order valence-electron chi connectivity index (χ1n) is 6.36. The summed E-state index contributed by atoms with van der Waals surface area (Å²) in [7, 11) is -1.01. The molecule has 0 aromatic heterocycles. The fraction of sp³-hybridized carbons (Fsp3) is 0.385. The molecular formula is C13H16N2O5S. The summed E-state index contributed by atoms with van der Waals surface area (Å²) in [6.07, 6.45) is 0.249. The van der Waals surface area contributed by atoms with Crippen molar-refractivity contribution in [1.29, 1.82) is 0 Å². The zero-order chi connectivity index (χ0) is 15.6. The number of hydrogen-bond donors (Lipinski definition) is 0. The zero-order valence-corrected chi connectivity index (χ0v) is 12.6. The van der Waals surface area contributed by atoms with E-state index in [1.54, 1.807) is 24.3 Å². The van der Waals surface area contributed by atoms with Gasteiger partial charge in [0.05, 0.1) is 17.7 Å². The van der Waals surface area contributed by atoms with Gasteiger partial charge in [-0.1, -0.05) is 12.1 Å². The number of carbonyl (C=O) groups is 2. The van der Waals surface area contributed by atoms with Gasteiger partial charge in [0.15, 0.2) is 0 Å². The van der Waals surface area contributed by atoms with Gasteiger partial charge >= 0.3 is 10.3 Å². The molecule has 0 bridgehead atoms. The van der Waals surface area contributed by atoms with Gasteiger partial charge in [-0.15, -0.1) is 0 Å². The number of amides is 2. The molecule has 0 aliphatic carbocycles. The lowest BCUT2D eigenvalue weighted by Gasteiger charge is -2.14. The second-order valence-electron chi connectivity index (χ2n) is 4.72. The van der Waals surface area contributed by atoms with Crippen LogP contribution in [0.2, 0.25) is 0 Å². The summed E-state index contributed by atoms with van der Waals surface area (Å²) >= 11 is 0. The van der Waals surface area contributed by atoms with Crippen molar-refractivity contribution >= 4 is 22.1 Å². The minimum atomic E-state index is -3.73. The van der Waals surface area contributed by atoms with Gasteiger partial charge < -0.3 is 0 Å². The van der Waals surface area contributed by atoms with Crippen LogP contribution in [0.1, 0.15) is 27.1 Å². The van der Waals surface area contributed by atoms with Crippen LogP contribution >= 0.6 is 0 Å². The highest BCUT2D eigenvalue weighted by atomic mass is 32.2. The quantitative estimate of drug-likeness (QED) is 0.564. The number of carbonyl (C=O) groups excluding carboxylic acids is 2. The van der Waals surface area contributed by atoms with Crippen molar-refractivity contribution in [1.82, 2.24) is 9.21 Å². The lowest BCUT2D eigenvalue weighted by Crippen LogP contribution is -2.32. The van der Waals surface area contributed by atoms with E-state index in [-0.39, 0.29) is 31.4 Å². The van der Waals surface area contributed by atoms with Crippen molar-refractivity contribution in [2.75, 3.05) is 27.2 Å². The van der Waals surface area contributed by atoms with Gasteiger partial charge in [0.25, 0.3) is 11.8 Å². The Labute approximate surface area is 123 Å². The molecule has 0 radical (unpaired) electrons. The van der Waals surface area contributed by atoms with E-state index in [2.05, 4.69) is 0 Å². The lowest BCUT2D eigenvalue weighted by molar-refractivity contribution is 0.0647. The van der Waals surface area contributed by atoms with Crippen LogP contribution in [-0.4, -0.2) is 56.7 Å². The number of rotatable bonds is 6. The summed E-state index contributed by atoms with van der Waals surface area (Å²) in [5.41, 5.74) is 0.758. The largest absolute Gasteiger partial charge is 0.337 e. The highest BCUT2D eigenvalue weighted by molar-refractivity contribution is 7.84. The molecule has 114 valence electrons. The molecule has 0 saturated heterocycles. The number of hydrogen-bond acceptors (Lipinski definition) is 5. The van der Waals surface area contributed by atoms with Crippen LogP contribution < -0.4 is 0 Å². The first-order chi connectivity index (χ1) is 9.84. The first kappa shape index (κ1) is 15.6. The summed E-state index contributed by atoms with van der Waals surface area (Å²) in [6, 6.07) is 6.59. The molecule has 21 heavy (non-hydrogen) atoms. The van der Waals surface area contributed by atoms with E-state index in [4.69, 9.17) is 4.18 Å². The SMILES string of the molecule is CN(C)S(=O)(=O)OCCCN1C(=O)c2ccccc2C1=O. The summed E-state index contributed by atoms with van der Waals surface area (Å²) in [6.45, 7) is 0.0310. The second-order valence-corrected chi connectivity index (χ2v) is 6.54. The molecule has 8 heteroatoms. The molecule has 0 N–H and O–H groups in total. The van der Waals surface area contributed by atoms with Crippen LogP contribution in [0.3, 0.4) is 0 Å². The maximum Gasteiger partial charge on any atom is 0.337 e. The highest BCUT2D eigenvalue weighted by Gasteiger charge is 2.34. The molecule has 0 atom stereocenters. The van der Waals surface area contributed by atoms with Crippen LogP contribution in [0, 0.1) is 0 Å². The third-order valence-corrected chi connectivity index (χ3v) is 4.44. The molecule has 1 aliphatic rings. The van der Waals surface area contributed by atoms with Crippen molar-refractivity contribution < 1.29 is 22.2 Å². The number of benzene rings is 1. The van der Waals surface area contributed by atoms with Crippen molar-refractivity contribution in [2.45, 2.75) is 6.42 Å². The van der Waals surface area contributed by atoms with Gasteiger partial charge in [-0.05, 0) is 18.6 Å². The van der Waals surface area contributed by atoms with E-state index < -0.39 is 10.3 Å². The number of nitrogens with zero attached hydrogens (tertiary/aromatic N) is 2. The van der Waals surface area contributed by atoms with Crippen LogP contribution in [-0.2, 0) is 14.5 Å². The van der Waals surface area contributed by atoms with Crippen LogP contribution in [0.5, 0.6) is 0 Å². The standard InChI is InChI=1S/C13H16N2O5S/c1-14(2)21(18,19)20-9-5-8-15-12(16)10-6-3-4-7-11(10)13(15)17/h3-4,6-7H,5,8-9H2,1-2H3. The molecule has 0 fully saturated rings. The molecule has 2 amide bonds. The molecule has 0 spiro atoms. The normalized spacial score (nSPS) is 14.9. The topological polar surface area (TPSA) is 84.0 Å². The molecule has 1 aliphatic heterocycles. The Balaban J connectivity index is 1.92. The minimum Gasteiger partial charge on any atom is -0.274 e. The third kappa shape index (κ3) is 3.12. The zero-order valence-electron chi connectivity index (χ0n) is 11.8. The molecule has 2 rings (SSSR count). The fourth-order valence-electron chi connectivity index (χ4n) is 1.93. The van der Waals surface area contributed by atoms with Crippen LogP contribution in [0.15, 0.2) is 24.3 Å². The number of fused-ring (bicyclic) bond motifs is 1. The number of imide groups is 1. The van der Waals surface area contributed by atoms with E-state index >= 15 is 0 Å².